The van der Waals surface area contributed by atoms with E-state index in [0.717, 1.165) is 5.69 Å². The van der Waals surface area contributed by atoms with E-state index in [-0.39, 0.29) is 5.82 Å². The van der Waals surface area contributed by atoms with E-state index in [4.69, 9.17) is 4.52 Å². The fourth-order valence-electron chi connectivity index (χ4n) is 1.72. The third kappa shape index (κ3) is 2.36. The van der Waals surface area contributed by atoms with Crippen molar-refractivity contribution >= 4 is 0 Å². The molecule has 3 rings (SSSR count). The van der Waals surface area contributed by atoms with Crippen LogP contribution in [0.2, 0.25) is 0 Å². The summed E-state index contributed by atoms with van der Waals surface area (Å²) in [6, 6.07) is 8.96. The summed E-state index contributed by atoms with van der Waals surface area (Å²) >= 11 is 0. The fourth-order valence-corrected chi connectivity index (χ4v) is 1.72. The number of hydrogen-bond acceptors (Lipinski definition) is 3. The highest BCUT2D eigenvalue weighted by Gasteiger charge is 2.20. The minimum absolute atomic E-state index is 0.287. The Morgan fingerprint density at radius 2 is 2.18 bits per heavy atom. The summed E-state index contributed by atoms with van der Waals surface area (Å²) < 4.78 is 18.7. The standard InChI is InChI=1S/C13H13FN2O/c14-12-4-2-1-3-11(12)13-7-10(16-17-13)8-15-9-5-6-9/h1-4,7,9,15H,5-6,8H2. The van der Waals surface area contributed by atoms with Crippen LogP contribution in [-0.2, 0) is 6.54 Å². The van der Waals surface area contributed by atoms with E-state index in [9.17, 15) is 4.39 Å². The smallest absolute Gasteiger partial charge is 0.170 e. The van der Waals surface area contributed by atoms with E-state index < -0.39 is 0 Å². The van der Waals surface area contributed by atoms with Gasteiger partial charge in [0, 0.05) is 18.7 Å². The van der Waals surface area contributed by atoms with Crippen molar-refractivity contribution in [3.63, 3.8) is 0 Å². The van der Waals surface area contributed by atoms with Crippen molar-refractivity contribution in [2.24, 2.45) is 0 Å². The Kier molecular flexibility index (Phi) is 2.65. The number of hydrogen-bond donors (Lipinski definition) is 1. The van der Waals surface area contributed by atoms with E-state index in [2.05, 4.69) is 10.5 Å². The molecule has 0 radical (unpaired) electrons. The first kappa shape index (κ1) is 10.5. The highest BCUT2D eigenvalue weighted by Crippen LogP contribution is 2.24. The van der Waals surface area contributed by atoms with Gasteiger partial charge in [0.2, 0.25) is 0 Å². The van der Waals surface area contributed by atoms with E-state index in [0.29, 0.717) is 23.9 Å². The SMILES string of the molecule is Fc1ccccc1-c1cc(CNC2CC2)no1. The predicted octanol–water partition coefficient (Wildman–Crippen LogP) is 2.73. The zero-order valence-corrected chi connectivity index (χ0v) is 9.32. The number of nitrogens with one attached hydrogen (secondary N) is 1. The molecule has 1 aromatic heterocycles. The first-order chi connectivity index (χ1) is 8.33. The second-order valence-corrected chi connectivity index (χ2v) is 4.32. The monoisotopic (exact) mass is 232 g/mol. The van der Waals surface area contributed by atoms with Crippen LogP contribution in [0.5, 0.6) is 0 Å². The van der Waals surface area contributed by atoms with E-state index >= 15 is 0 Å². The second kappa shape index (κ2) is 4.30. The van der Waals surface area contributed by atoms with Gasteiger partial charge >= 0.3 is 0 Å². The summed E-state index contributed by atoms with van der Waals surface area (Å²) in [5.41, 5.74) is 1.27. The molecular formula is C13H13FN2O. The largest absolute Gasteiger partial charge is 0.356 e. The zero-order valence-electron chi connectivity index (χ0n) is 9.32. The summed E-state index contributed by atoms with van der Waals surface area (Å²) in [5.74, 6) is 0.195. The van der Waals surface area contributed by atoms with E-state index in [1.807, 2.05) is 0 Å². The van der Waals surface area contributed by atoms with Gasteiger partial charge in [-0.1, -0.05) is 17.3 Å². The van der Waals surface area contributed by atoms with E-state index in [1.165, 1.54) is 18.9 Å². The van der Waals surface area contributed by atoms with Crippen molar-refractivity contribution < 1.29 is 8.91 Å². The summed E-state index contributed by atoms with van der Waals surface area (Å²) in [4.78, 5) is 0. The molecule has 1 fully saturated rings. The quantitative estimate of drug-likeness (QED) is 0.880. The zero-order chi connectivity index (χ0) is 11.7. The van der Waals surface area contributed by atoms with Crippen LogP contribution in [0.3, 0.4) is 0 Å². The Morgan fingerprint density at radius 3 is 2.94 bits per heavy atom. The van der Waals surface area contributed by atoms with Crippen molar-refractivity contribution in [3.05, 3.63) is 41.8 Å². The van der Waals surface area contributed by atoms with Crippen LogP contribution < -0.4 is 5.32 Å². The Balaban J connectivity index is 1.77. The van der Waals surface area contributed by atoms with Crippen LogP contribution in [0.15, 0.2) is 34.9 Å². The van der Waals surface area contributed by atoms with Crippen LogP contribution in [0, 0.1) is 5.82 Å². The van der Waals surface area contributed by atoms with Gasteiger partial charge in [0.15, 0.2) is 5.76 Å². The number of aromatic nitrogens is 1. The second-order valence-electron chi connectivity index (χ2n) is 4.32. The van der Waals surface area contributed by atoms with E-state index in [1.54, 1.807) is 24.3 Å². The lowest BCUT2D eigenvalue weighted by atomic mass is 10.1. The van der Waals surface area contributed by atoms with Gasteiger partial charge in [0.05, 0.1) is 11.3 Å². The fraction of sp³-hybridized carbons (Fsp3) is 0.308. The minimum atomic E-state index is -0.287. The maximum atomic E-state index is 13.5. The molecule has 0 bridgehead atoms. The third-order valence-electron chi connectivity index (χ3n) is 2.85. The molecule has 2 aromatic rings. The highest BCUT2D eigenvalue weighted by molar-refractivity contribution is 5.57. The van der Waals surface area contributed by atoms with Crippen molar-refractivity contribution in [1.29, 1.82) is 0 Å². The Morgan fingerprint density at radius 1 is 1.35 bits per heavy atom. The summed E-state index contributed by atoms with van der Waals surface area (Å²) in [6.07, 6.45) is 2.47. The number of nitrogens with zero attached hydrogens (tertiary/aromatic N) is 1. The Bertz CT molecular complexity index is 520. The first-order valence-electron chi connectivity index (χ1n) is 5.77. The van der Waals surface area contributed by atoms with Gasteiger partial charge in [-0.15, -0.1) is 0 Å². The Hall–Kier alpha value is -1.68. The molecule has 0 saturated heterocycles. The lowest BCUT2D eigenvalue weighted by Gasteiger charge is -1.96. The van der Waals surface area contributed by atoms with Gasteiger partial charge in [0.25, 0.3) is 0 Å². The number of halogens is 1. The third-order valence-corrected chi connectivity index (χ3v) is 2.85. The molecule has 0 aliphatic heterocycles. The molecule has 1 saturated carbocycles. The maximum absolute atomic E-state index is 13.5. The van der Waals surface area contributed by atoms with Gasteiger partial charge in [-0.25, -0.2) is 4.39 Å². The van der Waals surface area contributed by atoms with Gasteiger partial charge in [-0.2, -0.15) is 0 Å². The summed E-state index contributed by atoms with van der Waals surface area (Å²) in [7, 11) is 0. The molecule has 3 nitrogen and oxygen atoms in total. The number of benzene rings is 1. The normalized spacial score (nSPS) is 15.1. The summed E-state index contributed by atoms with van der Waals surface area (Å²) in [6.45, 7) is 0.683. The molecule has 0 spiro atoms. The van der Waals surface area contributed by atoms with Crippen LogP contribution >= 0.6 is 0 Å². The molecule has 1 aliphatic rings. The molecule has 1 heterocycles. The van der Waals surface area contributed by atoms with Gasteiger partial charge in [-0.05, 0) is 25.0 Å². The van der Waals surface area contributed by atoms with Gasteiger partial charge in [-0.3, -0.25) is 0 Å². The predicted molar refractivity (Wildman–Crippen MR) is 61.8 cm³/mol. The van der Waals surface area contributed by atoms with Gasteiger partial charge < -0.3 is 9.84 Å². The molecule has 88 valence electrons. The van der Waals surface area contributed by atoms with Crippen molar-refractivity contribution in [1.82, 2.24) is 10.5 Å². The topological polar surface area (TPSA) is 38.1 Å². The first-order valence-corrected chi connectivity index (χ1v) is 5.77. The molecule has 1 aliphatic carbocycles. The van der Waals surface area contributed by atoms with Gasteiger partial charge in [0.1, 0.15) is 5.82 Å². The van der Waals surface area contributed by atoms with Crippen molar-refractivity contribution in [2.45, 2.75) is 25.4 Å². The molecule has 1 aromatic carbocycles. The van der Waals surface area contributed by atoms with Crippen molar-refractivity contribution in [3.8, 4) is 11.3 Å². The van der Waals surface area contributed by atoms with Crippen LogP contribution in [0.1, 0.15) is 18.5 Å². The summed E-state index contributed by atoms with van der Waals surface area (Å²) in [5, 5.41) is 7.27. The molecule has 4 heteroatoms. The molecule has 1 N–H and O–H groups in total. The average molecular weight is 232 g/mol. The molecule has 0 unspecified atom stereocenters. The van der Waals surface area contributed by atoms with Crippen LogP contribution in [0.4, 0.5) is 4.39 Å². The molecular weight excluding hydrogens is 219 g/mol. The maximum Gasteiger partial charge on any atom is 0.170 e. The minimum Gasteiger partial charge on any atom is -0.356 e. The van der Waals surface area contributed by atoms with Crippen LogP contribution in [0.25, 0.3) is 11.3 Å². The molecule has 0 atom stereocenters. The lowest BCUT2D eigenvalue weighted by Crippen LogP contribution is -2.15. The lowest BCUT2D eigenvalue weighted by molar-refractivity contribution is 0.418. The average Bonchev–Trinajstić information content (AvgIpc) is 3.06. The molecule has 0 amide bonds. The highest BCUT2D eigenvalue weighted by atomic mass is 19.1. The number of rotatable bonds is 4. The Labute approximate surface area is 98.6 Å². The van der Waals surface area contributed by atoms with Crippen molar-refractivity contribution in [2.75, 3.05) is 0 Å². The van der Waals surface area contributed by atoms with Crippen LogP contribution in [-0.4, -0.2) is 11.2 Å². The molecule has 17 heavy (non-hydrogen) atoms.